The highest BCUT2D eigenvalue weighted by Gasteiger charge is 2.35. The molecule has 4 nitrogen and oxygen atoms in total. The first-order valence-electron chi connectivity index (χ1n) is 12.8. The van der Waals surface area contributed by atoms with E-state index in [0.717, 1.165) is 52.7 Å². The third-order valence-electron chi connectivity index (χ3n) is 6.81. The predicted octanol–water partition coefficient (Wildman–Crippen LogP) is 6.19. The van der Waals surface area contributed by atoms with Gasteiger partial charge >= 0.3 is 0 Å². The van der Waals surface area contributed by atoms with Crippen molar-refractivity contribution in [2.24, 2.45) is 12.5 Å². The molecule has 0 atom stereocenters. The number of furan rings is 1. The highest BCUT2D eigenvalue weighted by molar-refractivity contribution is 6.08. The number of hydrogen-bond donors (Lipinski definition) is 0. The second-order valence-electron chi connectivity index (χ2n) is 10.4. The minimum atomic E-state index is -2.27. The molecule has 4 heteroatoms. The molecule has 5 aromatic rings. The fourth-order valence-electron chi connectivity index (χ4n) is 5.50. The summed E-state index contributed by atoms with van der Waals surface area (Å²) in [5.74, 6) is 1.12. The van der Waals surface area contributed by atoms with E-state index >= 15 is 0 Å². The Morgan fingerprint density at radius 1 is 1.12 bits per heavy atom. The van der Waals surface area contributed by atoms with E-state index < -0.39 is 6.85 Å². The Morgan fingerprint density at radius 2 is 1.94 bits per heavy atom. The number of fused-ring (bicyclic) bond motifs is 3. The van der Waals surface area contributed by atoms with Crippen molar-refractivity contribution in [3.05, 3.63) is 58.8 Å². The van der Waals surface area contributed by atoms with Crippen molar-refractivity contribution >= 4 is 33.1 Å². The first kappa shape index (κ1) is 16.5. The Morgan fingerprint density at radius 3 is 2.72 bits per heavy atom. The van der Waals surface area contributed by atoms with Crippen molar-refractivity contribution in [3.63, 3.8) is 0 Å². The number of hydrogen-bond acceptors (Lipinski definition) is 2. The van der Waals surface area contributed by atoms with Crippen molar-refractivity contribution < 1.29 is 13.1 Å². The molecule has 32 heavy (non-hydrogen) atoms. The second-order valence-corrected chi connectivity index (χ2v) is 10.4. The number of nitrogens with zero attached hydrogens (tertiary/aromatic N) is 3. The zero-order chi connectivity index (χ0) is 24.9. The first-order valence-corrected chi connectivity index (χ1v) is 11.3. The molecule has 0 bridgehead atoms. The molecule has 6 rings (SSSR count). The molecule has 2 aromatic carbocycles. The zero-order valence-electron chi connectivity index (χ0n) is 22.3. The maximum atomic E-state index is 7.74. The van der Waals surface area contributed by atoms with E-state index in [4.69, 9.17) is 8.53 Å². The zero-order valence-corrected chi connectivity index (χ0v) is 19.3. The SMILES string of the molecule is [2H]C([2H])([2H])c1ccc2c(n1)oc1c(-c3n(C)c4ccc(CC(C)(C)C)c5c4[n+]3CC5)c(C)ccc12. The molecule has 0 saturated carbocycles. The molecule has 4 heterocycles. The fourth-order valence-corrected chi connectivity index (χ4v) is 5.50. The second kappa shape index (κ2) is 6.44. The van der Waals surface area contributed by atoms with Crippen LogP contribution in [0.15, 0.2) is 40.8 Å². The molecule has 0 N–H and O–H groups in total. The molecule has 0 fully saturated rings. The highest BCUT2D eigenvalue weighted by Crippen LogP contribution is 2.39. The van der Waals surface area contributed by atoms with E-state index in [9.17, 15) is 0 Å². The molecule has 0 spiro atoms. The summed E-state index contributed by atoms with van der Waals surface area (Å²) in [6.07, 6.45) is 2.09. The normalized spacial score (nSPS) is 15.6. The average molecular weight is 428 g/mol. The van der Waals surface area contributed by atoms with Crippen LogP contribution in [-0.2, 0) is 26.4 Å². The lowest BCUT2D eigenvalue weighted by Gasteiger charge is -2.19. The van der Waals surface area contributed by atoms with Crippen molar-refractivity contribution in [1.82, 2.24) is 9.55 Å². The molecule has 1 aliphatic heterocycles. The van der Waals surface area contributed by atoms with Crippen LogP contribution in [0.5, 0.6) is 0 Å². The Balaban J connectivity index is 1.63. The molecular weight excluding hydrogens is 394 g/mol. The molecule has 0 amide bonds. The molecule has 0 aliphatic carbocycles. The van der Waals surface area contributed by atoms with Crippen LogP contribution < -0.4 is 4.57 Å². The van der Waals surface area contributed by atoms with Crippen molar-refractivity contribution in [2.75, 3.05) is 0 Å². The summed E-state index contributed by atoms with van der Waals surface area (Å²) in [5, 5.41) is 1.79. The van der Waals surface area contributed by atoms with Gasteiger partial charge < -0.3 is 4.42 Å². The Hall–Kier alpha value is -3.14. The van der Waals surface area contributed by atoms with E-state index in [-0.39, 0.29) is 11.1 Å². The summed E-state index contributed by atoms with van der Waals surface area (Å²) < 4.78 is 34.2. The Bertz CT molecular complexity index is 1670. The first-order chi connectivity index (χ1) is 16.4. The summed E-state index contributed by atoms with van der Waals surface area (Å²) in [6.45, 7) is 7.64. The van der Waals surface area contributed by atoms with Crippen LogP contribution in [0, 0.1) is 19.2 Å². The number of aryl methyl sites for hydroxylation is 5. The van der Waals surface area contributed by atoms with Gasteiger partial charge in [-0.25, -0.2) is 14.1 Å². The van der Waals surface area contributed by atoms with Gasteiger partial charge in [0.15, 0.2) is 16.6 Å². The van der Waals surface area contributed by atoms with E-state index in [1.807, 2.05) is 6.07 Å². The number of imidazole rings is 1. The van der Waals surface area contributed by atoms with E-state index in [1.54, 1.807) is 6.07 Å². The van der Waals surface area contributed by atoms with Crippen LogP contribution >= 0.6 is 0 Å². The summed E-state index contributed by atoms with van der Waals surface area (Å²) in [7, 11) is 2.12. The van der Waals surface area contributed by atoms with Gasteiger partial charge in [0.1, 0.15) is 5.56 Å². The molecule has 3 aromatic heterocycles. The summed E-state index contributed by atoms with van der Waals surface area (Å²) in [5.41, 5.74) is 9.00. The quantitative estimate of drug-likeness (QED) is 0.315. The van der Waals surface area contributed by atoms with Crippen LogP contribution in [-0.4, -0.2) is 9.55 Å². The lowest BCUT2D eigenvalue weighted by Crippen LogP contribution is -2.33. The molecule has 0 saturated heterocycles. The number of aromatic nitrogens is 3. The molecule has 0 unspecified atom stereocenters. The molecule has 162 valence electrons. The standard InChI is InChI=1S/C28H30N3O/c1-16-7-10-20-21-11-8-17(2)29-26(21)32-25(20)23(16)27-30(6)22-12-9-18(15-28(3,4)5)19-13-14-31(27)24(19)22/h7-12H,13-15H2,1-6H3/q+1/i2D3. The topological polar surface area (TPSA) is 34.8 Å². The van der Waals surface area contributed by atoms with Crippen molar-refractivity contribution in [2.45, 2.75) is 53.9 Å². The highest BCUT2D eigenvalue weighted by atomic mass is 16.3. The van der Waals surface area contributed by atoms with Crippen LogP contribution in [0.4, 0.5) is 0 Å². The van der Waals surface area contributed by atoms with Gasteiger partial charge in [-0.05, 0) is 54.9 Å². The van der Waals surface area contributed by atoms with Gasteiger partial charge in [0, 0.05) is 32.6 Å². The maximum absolute atomic E-state index is 7.74. The average Bonchev–Trinajstić information content (AvgIpc) is 3.42. The van der Waals surface area contributed by atoms with Crippen molar-refractivity contribution in [1.29, 1.82) is 0 Å². The van der Waals surface area contributed by atoms with Gasteiger partial charge in [-0.2, -0.15) is 0 Å². The van der Waals surface area contributed by atoms with Gasteiger partial charge in [0.05, 0.1) is 13.6 Å². The van der Waals surface area contributed by atoms with E-state index in [2.05, 4.69) is 73.1 Å². The van der Waals surface area contributed by atoms with Gasteiger partial charge in [-0.1, -0.05) is 39.0 Å². The van der Waals surface area contributed by atoms with Crippen molar-refractivity contribution in [3.8, 4) is 11.4 Å². The number of rotatable bonds is 2. The van der Waals surface area contributed by atoms with Crippen LogP contribution in [0.1, 0.15) is 47.3 Å². The summed E-state index contributed by atoms with van der Waals surface area (Å²) >= 11 is 0. The third-order valence-corrected chi connectivity index (χ3v) is 6.81. The Kier molecular flexibility index (Phi) is 3.32. The van der Waals surface area contributed by atoms with E-state index in [0.29, 0.717) is 5.71 Å². The smallest absolute Gasteiger partial charge is 0.293 e. The largest absolute Gasteiger partial charge is 0.437 e. The van der Waals surface area contributed by atoms with E-state index in [1.165, 1.54) is 22.2 Å². The molecule has 1 aliphatic rings. The minimum absolute atomic E-state index is 0.0518. The minimum Gasteiger partial charge on any atom is -0.437 e. The number of pyridine rings is 1. The lowest BCUT2D eigenvalue weighted by atomic mass is 9.85. The summed E-state index contributed by atoms with van der Waals surface area (Å²) in [4.78, 5) is 4.37. The lowest BCUT2D eigenvalue weighted by molar-refractivity contribution is -0.653. The molecule has 0 radical (unpaired) electrons. The van der Waals surface area contributed by atoms with Crippen LogP contribution in [0.25, 0.3) is 44.5 Å². The van der Waals surface area contributed by atoms with Gasteiger partial charge in [0.25, 0.3) is 5.82 Å². The van der Waals surface area contributed by atoms with Gasteiger partial charge in [0.2, 0.25) is 5.71 Å². The van der Waals surface area contributed by atoms with Gasteiger partial charge in [-0.3, -0.25) is 0 Å². The monoisotopic (exact) mass is 427 g/mol. The van der Waals surface area contributed by atoms with Gasteiger partial charge in [-0.15, -0.1) is 0 Å². The third kappa shape index (κ3) is 2.68. The molecular formula is C28H30N3O+. The number of benzene rings is 2. The maximum Gasteiger partial charge on any atom is 0.293 e. The Labute approximate surface area is 192 Å². The summed E-state index contributed by atoms with van der Waals surface area (Å²) in [6, 6.07) is 12.1. The predicted molar refractivity (Wildman–Crippen MR) is 130 cm³/mol. The fraction of sp³-hybridized carbons (Fsp3) is 0.357. The van der Waals surface area contributed by atoms with Crippen LogP contribution in [0.2, 0.25) is 0 Å². The van der Waals surface area contributed by atoms with Crippen LogP contribution in [0.3, 0.4) is 0 Å².